The van der Waals surface area contributed by atoms with E-state index in [4.69, 9.17) is 29.0 Å². The topological polar surface area (TPSA) is 138 Å². The van der Waals surface area contributed by atoms with Crippen LogP contribution < -0.4 is 4.74 Å². The Labute approximate surface area is 172 Å². The second kappa shape index (κ2) is 10.8. The number of nitrogens with zero attached hydrogens (tertiary/aromatic N) is 2. The molecular weight excluding hydrogens is 396 g/mol. The number of hydrogen-bond acceptors (Lipinski definition) is 7. The minimum Gasteiger partial charge on any atom is -0.497 e. The number of furan rings is 1. The third-order valence-electron chi connectivity index (χ3n) is 4.32. The molecule has 10 nitrogen and oxygen atoms in total. The molecule has 0 atom stereocenters. The lowest BCUT2D eigenvalue weighted by Gasteiger charge is -2.34. The number of aliphatic carboxylic acids is 2. The van der Waals surface area contributed by atoms with E-state index in [2.05, 4.69) is 0 Å². The Morgan fingerprint density at radius 2 is 1.67 bits per heavy atom. The first kappa shape index (κ1) is 22.6. The maximum absolute atomic E-state index is 12.6. The van der Waals surface area contributed by atoms with Gasteiger partial charge in [-0.05, 0) is 30.3 Å². The van der Waals surface area contributed by atoms with E-state index in [9.17, 15) is 9.59 Å². The summed E-state index contributed by atoms with van der Waals surface area (Å²) in [6.45, 7) is 2.85. The van der Waals surface area contributed by atoms with E-state index >= 15 is 0 Å². The molecular formula is C20H22N2O8. The summed E-state index contributed by atoms with van der Waals surface area (Å²) in [6, 6.07) is 10.5. The Morgan fingerprint density at radius 1 is 1.00 bits per heavy atom. The van der Waals surface area contributed by atoms with Crippen LogP contribution in [0.2, 0.25) is 0 Å². The smallest absolute Gasteiger partial charge is 0.414 e. The highest BCUT2D eigenvalue weighted by atomic mass is 16.5. The van der Waals surface area contributed by atoms with Gasteiger partial charge in [0, 0.05) is 31.7 Å². The number of hydrogen-bond donors (Lipinski definition) is 2. The van der Waals surface area contributed by atoms with Crippen LogP contribution >= 0.6 is 0 Å². The zero-order chi connectivity index (χ0) is 22.1. The van der Waals surface area contributed by atoms with Crippen molar-refractivity contribution < 1.29 is 38.5 Å². The number of carbonyl (C=O) groups is 4. The van der Waals surface area contributed by atoms with Crippen LogP contribution in [-0.2, 0) is 9.59 Å². The molecule has 1 amide bonds. The summed E-state index contributed by atoms with van der Waals surface area (Å²) in [7, 11) is 1.58. The van der Waals surface area contributed by atoms with E-state index in [1.54, 1.807) is 31.4 Å². The van der Waals surface area contributed by atoms with Gasteiger partial charge in [0.1, 0.15) is 5.75 Å². The van der Waals surface area contributed by atoms with Crippen molar-refractivity contribution in [3.63, 3.8) is 0 Å². The molecule has 0 radical (unpaired) electrons. The van der Waals surface area contributed by atoms with E-state index in [0.717, 1.165) is 0 Å². The normalized spacial score (nSPS) is 13.7. The summed E-state index contributed by atoms with van der Waals surface area (Å²) in [5, 5.41) is 14.8. The molecule has 160 valence electrons. The van der Waals surface area contributed by atoms with E-state index < -0.39 is 11.9 Å². The molecule has 0 aliphatic carbocycles. The summed E-state index contributed by atoms with van der Waals surface area (Å²) >= 11 is 0. The molecule has 3 rings (SSSR count). The number of carboxylic acids is 2. The van der Waals surface area contributed by atoms with Crippen LogP contribution in [0.5, 0.6) is 5.75 Å². The quantitative estimate of drug-likeness (QED) is 0.540. The average molecular weight is 418 g/mol. The summed E-state index contributed by atoms with van der Waals surface area (Å²) < 4.78 is 10.3. The van der Waals surface area contributed by atoms with Gasteiger partial charge in [0.05, 0.1) is 19.9 Å². The summed E-state index contributed by atoms with van der Waals surface area (Å²) in [4.78, 5) is 46.7. The summed E-state index contributed by atoms with van der Waals surface area (Å²) in [5.74, 6) is -2.64. The van der Waals surface area contributed by atoms with Gasteiger partial charge in [-0.2, -0.15) is 0 Å². The number of amides is 1. The molecule has 1 aliphatic rings. The Hall–Kier alpha value is -3.66. The Balaban J connectivity index is 0.000000469. The number of Topliss-reactive ketones (excluding diaryl/α,β-unsaturated/α-hetero) is 1. The van der Waals surface area contributed by atoms with Gasteiger partial charge >= 0.3 is 11.9 Å². The molecule has 1 aliphatic heterocycles. The van der Waals surface area contributed by atoms with Crippen molar-refractivity contribution >= 4 is 23.6 Å². The molecule has 0 spiro atoms. The maximum atomic E-state index is 12.6. The highest BCUT2D eigenvalue weighted by molar-refractivity contribution is 6.27. The van der Waals surface area contributed by atoms with Gasteiger partial charge in [0.25, 0.3) is 5.91 Å². The molecule has 1 saturated heterocycles. The highest BCUT2D eigenvalue weighted by Crippen LogP contribution is 2.15. The molecule has 0 unspecified atom stereocenters. The van der Waals surface area contributed by atoms with Crippen molar-refractivity contribution in [3.8, 4) is 5.75 Å². The molecule has 1 aromatic carbocycles. The third kappa shape index (κ3) is 6.45. The Bertz CT molecular complexity index is 874. The van der Waals surface area contributed by atoms with Crippen LogP contribution in [0.15, 0.2) is 47.1 Å². The molecule has 2 N–H and O–H groups in total. The standard InChI is InChI=1S/C18H20N2O4.C2H2O4/c1-23-15-5-2-4-14(12-15)18(22)20-9-7-19(8-10-20)13-16(21)17-6-3-11-24-17;3-1(4)2(5)6/h2-6,11-12H,7-10,13H2,1H3;(H,3,4)(H,5,6). The van der Waals surface area contributed by atoms with Gasteiger partial charge in [-0.25, -0.2) is 9.59 Å². The van der Waals surface area contributed by atoms with Crippen LogP contribution in [-0.4, -0.2) is 83.5 Å². The maximum Gasteiger partial charge on any atom is 0.414 e. The molecule has 1 aromatic heterocycles. The summed E-state index contributed by atoms with van der Waals surface area (Å²) in [5.41, 5.74) is 0.620. The van der Waals surface area contributed by atoms with Gasteiger partial charge in [0.15, 0.2) is 5.76 Å². The molecule has 2 heterocycles. The van der Waals surface area contributed by atoms with Crippen molar-refractivity contribution in [2.75, 3.05) is 39.8 Å². The SMILES string of the molecule is COc1cccc(C(=O)N2CCN(CC(=O)c3ccco3)CC2)c1.O=C(O)C(=O)O. The molecule has 0 bridgehead atoms. The van der Waals surface area contributed by atoms with Crippen molar-refractivity contribution in [3.05, 3.63) is 54.0 Å². The van der Waals surface area contributed by atoms with Gasteiger partial charge in [-0.15, -0.1) is 0 Å². The molecule has 30 heavy (non-hydrogen) atoms. The first-order valence-electron chi connectivity index (χ1n) is 9.00. The third-order valence-corrected chi connectivity index (χ3v) is 4.32. The van der Waals surface area contributed by atoms with Crippen LogP contribution in [0.1, 0.15) is 20.9 Å². The minimum absolute atomic E-state index is 0.00842. The second-order valence-corrected chi connectivity index (χ2v) is 6.31. The lowest BCUT2D eigenvalue weighted by Crippen LogP contribution is -2.49. The zero-order valence-electron chi connectivity index (χ0n) is 16.3. The van der Waals surface area contributed by atoms with E-state index in [1.807, 2.05) is 21.9 Å². The van der Waals surface area contributed by atoms with Crippen molar-refractivity contribution in [2.24, 2.45) is 0 Å². The largest absolute Gasteiger partial charge is 0.497 e. The first-order chi connectivity index (χ1) is 14.3. The van der Waals surface area contributed by atoms with Crippen molar-refractivity contribution in [1.29, 1.82) is 0 Å². The van der Waals surface area contributed by atoms with Crippen molar-refractivity contribution in [1.82, 2.24) is 9.80 Å². The van der Waals surface area contributed by atoms with E-state index in [-0.39, 0.29) is 11.7 Å². The highest BCUT2D eigenvalue weighted by Gasteiger charge is 2.24. The predicted octanol–water partition coefficient (Wildman–Crippen LogP) is 1.08. The van der Waals surface area contributed by atoms with Crippen LogP contribution in [0.4, 0.5) is 0 Å². The van der Waals surface area contributed by atoms with Gasteiger partial charge in [-0.1, -0.05) is 6.07 Å². The molecule has 0 saturated carbocycles. The van der Waals surface area contributed by atoms with E-state index in [0.29, 0.717) is 49.8 Å². The zero-order valence-corrected chi connectivity index (χ0v) is 16.3. The van der Waals surface area contributed by atoms with E-state index in [1.165, 1.54) is 6.26 Å². The number of carboxylic acid groups (broad SMARTS) is 2. The lowest BCUT2D eigenvalue weighted by atomic mass is 10.1. The molecule has 10 heteroatoms. The fourth-order valence-electron chi connectivity index (χ4n) is 2.77. The second-order valence-electron chi connectivity index (χ2n) is 6.31. The number of ether oxygens (including phenoxy) is 1. The number of benzene rings is 1. The Kier molecular flexibility index (Phi) is 8.12. The van der Waals surface area contributed by atoms with Gasteiger partial charge in [0.2, 0.25) is 5.78 Å². The van der Waals surface area contributed by atoms with Crippen LogP contribution in [0.3, 0.4) is 0 Å². The fourth-order valence-corrected chi connectivity index (χ4v) is 2.77. The average Bonchev–Trinajstić information content (AvgIpc) is 3.29. The number of ketones is 1. The van der Waals surface area contributed by atoms with Crippen molar-refractivity contribution in [2.45, 2.75) is 0 Å². The fraction of sp³-hybridized carbons (Fsp3) is 0.300. The lowest BCUT2D eigenvalue weighted by molar-refractivity contribution is -0.159. The van der Waals surface area contributed by atoms with Gasteiger partial charge < -0.3 is 24.3 Å². The molecule has 2 aromatic rings. The predicted molar refractivity (Wildman–Crippen MR) is 104 cm³/mol. The molecule has 1 fully saturated rings. The minimum atomic E-state index is -1.82. The van der Waals surface area contributed by atoms with Gasteiger partial charge in [-0.3, -0.25) is 14.5 Å². The number of methoxy groups -OCH3 is 1. The summed E-state index contributed by atoms with van der Waals surface area (Å²) in [6.07, 6.45) is 1.50. The number of piperazine rings is 1. The Morgan fingerprint density at radius 3 is 2.20 bits per heavy atom. The number of carbonyl (C=O) groups excluding carboxylic acids is 2. The first-order valence-corrected chi connectivity index (χ1v) is 9.00. The van der Waals surface area contributed by atoms with Crippen LogP contribution in [0, 0.1) is 0 Å². The van der Waals surface area contributed by atoms with Crippen LogP contribution in [0.25, 0.3) is 0 Å². The monoisotopic (exact) mass is 418 g/mol. The number of rotatable bonds is 5.